The fourth-order valence-electron chi connectivity index (χ4n) is 6.94. The summed E-state index contributed by atoms with van der Waals surface area (Å²) in [6.45, 7) is 0. The van der Waals surface area contributed by atoms with Crippen molar-refractivity contribution < 1.29 is 4.42 Å². The molecule has 2 heterocycles. The number of furan rings is 1. The van der Waals surface area contributed by atoms with Crippen LogP contribution < -0.4 is 5.32 Å². The zero-order valence-corrected chi connectivity index (χ0v) is 22.3. The van der Waals surface area contributed by atoms with E-state index in [2.05, 4.69) is 127 Å². The molecule has 40 heavy (non-hydrogen) atoms. The molecule has 0 bridgehead atoms. The monoisotopic (exact) mass is 529 g/mol. The van der Waals surface area contributed by atoms with Crippen molar-refractivity contribution in [2.24, 2.45) is 0 Å². The van der Waals surface area contributed by atoms with Crippen LogP contribution in [0.15, 0.2) is 148 Å². The predicted octanol–water partition coefficient (Wildman–Crippen LogP) is 10.2. The van der Waals surface area contributed by atoms with Gasteiger partial charge in [0.15, 0.2) is 0 Å². The third-order valence-corrected chi connectivity index (χ3v) is 9.75. The smallest absolute Gasteiger partial charge is 0.135 e. The molecule has 0 saturated carbocycles. The maximum absolute atomic E-state index is 6.09. The van der Waals surface area contributed by atoms with Gasteiger partial charge in [-0.05, 0) is 69.8 Å². The van der Waals surface area contributed by atoms with Crippen LogP contribution in [-0.4, -0.2) is 0 Å². The molecule has 0 amide bonds. The molecule has 3 heteroatoms. The topological polar surface area (TPSA) is 25.2 Å². The van der Waals surface area contributed by atoms with Crippen molar-refractivity contribution in [1.82, 2.24) is 0 Å². The first kappa shape index (κ1) is 22.1. The molecule has 188 valence electrons. The standard InChI is InChI=1S/C37H23NOS/c1-4-13-28-24(10-1)25-11-2-5-14-29(25)37(28)30-15-6-8-19-35(30)40-36-31(37)16-9-17-32(36)38-23-20-21-34-27(22-23)26-12-3-7-18-33(26)39-34/h1-22,38H. The van der Waals surface area contributed by atoms with Gasteiger partial charge in [0.25, 0.3) is 0 Å². The van der Waals surface area contributed by atoms with Crippen molar-refractivity contribution in [3.05, 3.63) is 156 Å². The summed E-state index contributed by atoms with van der Waals surface area (Å²) in [5, 5.41) is 6.06. The van der Waals surface area contributed by atoms with E-state index in [1.54, 1.807) is 0 Å². The second-order valence-corrected chi connectivity index (χ2v) is 11.6. The highest BCUT2D eigenvalue weighted by atomic mass is 32.2. The molecule has 0 atom stereocenters. The Morgan fingerprint density at radius 3 is 2.00 bits per heavy atom. The number of nitrogens with one attached hydrogen (secondary N) is 1. The Kier molecular flexibility index (Phi) is 4.50. The van der Waals surface area contributed by atoms with Crippen molar-refractivity contribution >= 4 is 45.1 Å². The Hall–Kier alpha value is -4.73. The molecule has 2 aliphatic rings. The lowest BCUT2D eigenvalue weighted by Crippen LogP contribution is -2.32. The fraction of sp³-hybridized carbons (Fsp3) is 0.0270. The van der Waals surface area contributed by atoms with Crippen molar-refractivity contribution in [2.45, 2.75) is 15.2 Å². The normalized spacial score (nSPS) is 14.1. The Bertz CT molecular complexity index is 2090. The maximum atomic E-state index is 6.09. The molecule has 0 unspecified atom stereocenters. The molecule has 1 N–H and O–H groups in total. The van der Waals surface area contributed by atoms with E-state index in [9.17, 15) is 0 Å². The van der Waals surface area contributed by atoms with E-state index in [1.807, 2.05) is 23.9 Å². The Morgan fingerprint density at radius 1 is 0.525 bits per heavy atom. The van der Waals surface area contributed by atoms with Crippen LogP contribution in [0.4, 0.5) is 11.4 Å². The quantitative estimate of drug-likeness (QED) is 0.241. The molecule has 9 rings (SSSR count). The summed E-state index contributed by atoms with van der Waals surface area (Å²) in [4.78, 5) is 2.57. The van der Waals surface area contributed by atoms with E-state index < -0.39 is 0 Å². The summed E-state index contributed by atoms with van der Waals surface area (Å²) >= 11 is 1.87. The Labute approximate surface area is 236 Å². The number of para-hydroxylation sites is 1. The zero-order chi connectivity index (χ0) is 26.3. The highest BCUT2D eigenvalue weighted by Gasteiger charge is 2.50. The van der Waals surface area contributed by atoms with Crippen molar-refractivity contribution in [3.8, 4) is 11.1 Å². The number of fused-ring (bicyclic) bond motifs is 12. The van der Waals surface area contributed by atoms with Gasteiger partial charge in [0.2, 0.25) is 0 Å². The Morgan fingerprint density at radius 2 is 1.18 bits per heavy atom. The third kappa shape index (κ3) is 2.85. The van der Waals surface area contributed by atoms with Crippen LogP contribution in [0, 0.1) is 0 Å². The summed E-state index contributed by atoms with van der Waals surface area (Å²) in [5.74, 6) is 0. The molecule has 0 radical (unpaired) electrons. The van der Waals surface area contributed by atoms with Crippen LogP contribution in [0.5, 0.6) is 0 Å². The van der Waals surface area contributed by atoms with E-state index in [-0.39, 0.29) is 5.41 Å². The molecule has 0 saturated heterocycles. The zero-order valence-electron chi connectivity index (χ0n) is 21.5. The van der Waals surface area contributed by atoms with Gasteiger partial charge in [0.05, 0.1) is 11.1 Å². The summed E-state index contributed by atoms with van der Waals surface area (Å²) < 4.78 is 6.09. The number of benzene rings is 6. The minimum absolute atomic E-state index is 0.368. The Balaban J connectivity index is 1.28. The van der Waals surface area contributed by atoms with E-state index in [1.165, 1.54) is 43.2 Å². The van der Waals surface area contributed by atoms with E-state index >= 15 is 0 Å². The van der Waals surface area contributed by atoms with Gasteiger partial charge < -0.3 is 9.73 Å². The van der Waals surface area contributed by atoms with E-state index in [4.69, 9.17) is 4.42 Å². The average Bonchev–Trinajstić information content (AvgIpc) is 3.52. The molecule has 0 fully saturated rings. The maximum Gasteiger partial charge on any atom is 0.135 e. The van der Waals surface area contributed by atoms with Gasteiger partial charge in [-0.25, -0.2) is 0 Å². The van der Waals surface area contributed by atoms with E-state index in [0.29, 0.717) is 0 Å². The van der Waals surface area contributed by atoms with Crippen LogP contribution in [0.25, 0.3) is 33.1 Å². The van der Waals surface area contributed by atoms with Crippen molar-refractivity contribution in [2.75, 3.05) is 5.32 Å². The van der Waals surface area contributed by atoms with Gasteiger partial charge in [0.1, 0.15) is 11.2 Å². The summed E-state index contributed by atoms with van der Waals surface area (Å²) in [5.41, 5.74) is 11.7. The molecule has 1 spiro atoms. The second kappa shape index (κ2) is 8.14. The van der Waals surface area contributed by atoms with Gasteiger partial charge in [-0.2, -0.15) is 0 Å². The summed E-state index contributed by atoms with van der Waals surface area (Å²) in [6, 6.07) is 48.2. The number of anilines is 2. The number of hydrogen-bond acceptors (Lipinski definition) is 3. The first-order valence-corrected chi connectivity index (χ1v) is 14.4. The lowest BCUT2D eigenvalue weighted by molar-refractivity contribution is 0.669. The minimum Gasteiger partial charge on any atom is -0.456 e. The average molecular weight is 530 g/mol. The van der Waals surface area contributed by atoms with Gasteiger partial charge >= 0.3 is 0 Å². The van der Waals surface area contributed by atoms with Gasteiger partial charge in [0, 0.05) is 26.3 Å². The molecular weight excluding hydrogens is 506 g/mol. The van der Waals surface area contributed by atoms with Gasteiger partial charge in [-0.15, -0.1) is 0 Å². The molecule has 1 aromatic heterocycles. The first-order chi connectivity index (χ1) is 19.8. The van der Waals surface area contributed by atoms with Crippen LogP contribution in [-0.2, 0) is 5.41 Å². The highest BCUT2D eigenvalue weighted by molar-refractivity contribution is 7.99. The van der Waals surface area contributed by atoms with Crippen LogP contribution in [0.3, 0.4) is 0 Å². The van der Waals surface area contributed by atoms with Crippen LogP contribution in [0.2, 0.25) is 0 Å². The highest BCUT2D eigenvalue weighted by Crippen LogP contribution is 2.63. The fourth-order valence-corrected chi connectivity index (χ4v) is 8.19. The lowest BCUT2D eigenvalue weighted by Gasteiger charge is -2.40. The van der Waals surface area contributed by atoms with E-state index in [0.717, 1.165) is 33.3 Å². The third-order valence-electron chi connectivity index (χ3n) is 8.53. The number of rotatable bonds is 2. The van der Waals surface area contributed by atoms with Crippen LogP contribution >= 0.6 is 11.8 Å². The lowest BCUT2D eigenvalue weighted by atomic mass is 9.67. The van der Waals surface area contributed by atoms with Crippen LogP contribution in [0.1, 0.15) is 22.3 Å². The molecule has 2 nitrogen and oxygen atoms in total. The molecule has 1 aliphatic carbocycles. The summed E-state index contributed by atoms with van der Waals surface area (Å²) in [6.07, 6.45) is 0. The number of hydrogen-bond donors (Lipinski definition) is 1. The van der Waals surface area contributed by atoms with Crippen molar-refractivity contribution in [1.29, 1.82) is 0 Å². The molecule has 6 aromatic carbocycles. The SMILES string of the molecule is c1ccc2c(c1)Sc1c(Nc3ccc4oc5ccccc5c4c3)cccc1C21c2ccccc2-c2ccccc21. The van der Waals surface area contributed by atoms with Gasteiger partial charge in [-0.1, -0.05) is 109 Å². The summed E-state index contributed by atoms with van der Waals surface area (Å²) in [7, 11) is 0. The minimum atomic E-state index is -0.368. The first-order valence-electron chi connectivity index (χ1n) is 13.6. The largest absolute Gasteiger partial charge is 0.456 e. The molecular formula is C37H23NOS. The molecule has 1 aliphatic heterocycles. The predicted molar refractivity (Wildman–Crippen MR) is 165 cm³/mol. The second-order valence-electron chi connectivity index (χ2n) is 10.6. The van der Waals surface area contributed by atoms with Gasteiger partial charge in [-0.3, -0.25) is 0 Å². The molecule has 7 aromatic rings. The van der Waals surface area contributed by atoms with Crippen molar-refractivity contribution in [3.63, 3.8) is 0 Å².